The maximum Gasteiger partial charge on any atom is 0.330 e. The topological polar surface area (TPSA) is 99.6 Å². The Morgan fingerprint density at radius 3 is 2.72 bits per heavy atom. The SMILES string of the molecule is O=C(Cc1csc(N2CCCC2=O)n1)N[C@@H](C(=O)O)c1ccccc1. The summed E-state index contributed by atoms with van der Waals surface area (Å²) in [4.78, 5) is 41.3. The van der Waals surface area contributed by atoms with Crippen LogP contribution in [0.15, 0.2) is 35.7 Å². The molecule has 3 rings (SSSR count). The van der Waals surface area contributed by atoms with Gasteiger partial charge in [0.1, 0.15) is 0 Å². The number of carbonyl (C=O) groups is 3. The Hall–Kier alpha value is -2.74. The molecular weight excluding hydrogens is 342 g/mol. The lowest BCUT2D eigenvalue weighted by molar-refractivity contribution is -0.142. The van der Waals surface area contributed by atoms with Gasteiger partial charge in [0.25, 0.3) is 0 Å². The molecule has 0 spiro atoms. The van der Waals surface area contributed by atoms with Crippen LogP contribution in [0.2, 0.25) is 0 Å². The molecule has 25 heavy (non-hydrogen) atoms. The van der Waals surface area contributed by atoms with Gasteiger partial charge in [0, 0.05) is 18.3 Å². The molecular formula is C17H17N3O4S. The van der Waals surface area contributed by atoms with Crippen LogP contribution in [0.1, 0.15) is 30.1 Å². The lowest BCUT2D eigenvalue weighted by Crippen LogP contribution is -2.34. The molecule has 1 fully saturated rings. The second-order valence-corrected chi connectivity index (χ2v) is 6.53. The van der Waals surface area contributed by atoms with E-state index >= 15 is 0 Å². The van der Waals surface area contributed by atoms with Crippen molar-refractivity contribution in [2.75, 3.05) is 11.4 Å². The van der Waals surface area contributed by atoms with Gasteiger partial charge in [0.05, 0.1) is 12.1 Å². The van der Waals surface area contributed by atoms with Crippen LogP contribution in [0.3, 0.4) is 0 Å². The smallest absolute Gasteiger partial charge is 0.330 e. The molecule has 1 saturated heterocycles. The van der Waals surface area contributed by atoms with Crippen molar-refractivity contribution in [1.29, 1.82) is 0 Å². The van der Waals surface area contributed by atoms with E-state index < -0.39 is 17.9 Å². The number of rotatable bonds is 6. The van der Waals surface area contributed by atoms with Gasteiger partial charge in [0.15, 0.2) is 11.2 Å². The van der Waals surface area contributed by atoms with Gasteiger partial charge in [-0.25, -0.2) is 9.78 Å². The molecule has 1 aromatic carbocycles. The molecule has 2 N–H and O–H groups in total. The van der Waals surface area contributed by atoms with Gasteiger partial charge in [-0.2, -0.15) is 0 Å². The zero-order chi connectivity index (χ0) is 17.8. The number of aliphatic carboxylic acids is 1. The normalized spacial score (nSPS) is 15.2. The molecule has 7 nitrogen and oxygen atoms in total. The number of benzene rings is 1. The summed E-state index contributed by atoms with van der Waals surface area (Å²) in [6, 6.07) is 7.42. The summed E-state index contributed by atoms with van der Waals surface area (Å²) >= 11 is 1.31. The fourth-order valence-electron chi connectivity index (χ4n) is 2.66. The van der Waals surface area contributed by atoms with Gasteiger partial charge < -0.3 is 10.4 Å². The highest BCUT2D eigenvalue weighted by Gasteiger charge is 2.25. The van der Waals surface area contributed by atoms with E-state index in [-0.39, 0.29) is 12.3 Å². The molecule has 8 heteroatoms. The number of carbonyl (C=O) groups excluding carboxylic acids is 2. The van der Waals surface area contributed by atoms with Crippen LogP contribution in [-0.4, -0.2) is 34.4 Å². The standard InChI is InChI=1S/C17H17N3O4S/c21-13(19-15(16(23)24)11-5-2-1-3-6-11)9-12-10-25-17(18-12)20-8-4-7-14(20)22/h1-3,5-6,10,15H,4,7-9H2,(H,19,21)(H,23,24)/t15-/m1/s1. The Morgan fingerprint density at radius 2 is 2.08 bits per heavy atom. The number of aromatic nitrogens is 1. The molecule has 2 heterocycles. The van der Waals surface area contributed by atoms with Crippen LogP contribution in [0.5, 0.6) is 0 Å². The van der Waals surface area contributed by atoms with Crippen molar-refractivity contribution in [2.24, 2.45) is 0 Å². The van der Waals surface area contributed by atoms with E-state index in [4.69, 9.17) is 0 Å². The molecule has 0 unspecified atom stereocenters. The van der Waals surface area contributed by atoms with Gasteiger partial charge in [-0.15, -0.1) is 11.3 Å². The molecule has 2 amide bonds. The number of carboxylic acid groups (broad SMARTS) is 1. The quantitative estimate of drug-likeness (QED) is 0.819. The average molecular weight is 359 g/mol. The number of amides is 2. The van der Waals surface area contributed by atoms with E-state index in [1.54, 1.807) is 40.6 Å². The summed E-state index contributed by atoms with van der Waals surface area (Å²) < 4.78 is 0. The Morgan fingerprint density at radius 1 is 1.32 bits per heavy atom. The highest BCUT2D eigenvalue weighted by molar-refractivity contribution is 7.14. The first-order chi connectivity index (χ1) is 12.0. The molecule has 1 aliphatic heterocycles. The number of thiazole rings is 1. The van der Waals surface area contributed by atoms with Crippen molar-refractivity contribution in [3.8, 4) is 0 Å². The predicted octanol–water partition coefficient (Wildman–Crippen LogP) is 1.75. The largest absolute Gasteiger partial charge is 0.479 e. The average Bonchev–Trinajstić information content (AvgIpc) is 3.22. The Labute approximate surface area is 148 Å². The van der Waals surface area contributed by atoms with E-state index in [0.29, 0.717) is 29.4 Å². The number of carboxylic acids is 1. The molecule has 0 radical (unpaired) electrons. The third kappa shape index (κ3) is 4.03. The van der Waals surface area contributed by atoms with Crippen molar-refractivity contribution in [1.82, 2.24) is 10.3 Å². The van der Waals surface area contributed by atoms with E-state index in [0.717, 1.165) is 6.42 Å². The van der Waals surface area contributed by atoms with Gasteiger partial charge >= 0.3 is 5.97 Å². The second kappa shape index (κ2) is 7.43. The van der Waals surface area contributed by atoms with Gasteiger partial charge in [0.2, 0.25) is 11.8 Å². The summed E-state index contributed by atoms with van der Waals surface area (Å²) in [6.45, 7) is 0.646. The fraction of sp³-hybridized carbons (Fsp3) is 0.294. The van der Waals surface area contributed by atoms with Crippen molar-refractivity contribution in [2.45, 2.75) is 25.3 Å². The lowest BCUT2D eigenvalue weighted by atomic mass is 10.1. The Balaban J connectivity index is 1.65. The van der Waals surface area contributed by atoms with Crippen molar-refractivity contribution in [3.05, 3.63) is 47.0 Å². The van der Waals surface area contributed by atoms with Crippen molar-refractivity contribution in [3.63, 3.8) is 0 Å². The summed E-state index contributed by atoms with van der Waals surface area (Å²) in [7, 11) is 0. The summed E-state index contributed by atoms with van der Waals surface area (Å²) in [5.41, 5.74) is 1.03. The third-order valence-electron chi connectivity index (χ3n) is 3.87. The second-order valence-electron chi connectivity index (χ2n) is 5.70. The zero-order valence-electron chi connectivity index (χ0n) is 13.3. The Bertz CT molecular complexity index is 790. The van der Waals surface area contributed by atoms with Crippen LogP contribution in [-0.2, 0) is 20.8 Å². The van der Waals surface area contributed by atoms with Crippen LogP contribution >= 0.6 is 11.3 Å². The lowest BCUT2D eigenvalue weighted by Gasteiger charge is -2.14. The number of hydrogen-bond donors (Lipinski definition) is 2. The molecule has 1 atom stereocenters. The zero-order valence-corrected chi connectivity index (χ0v) is 14.2. The molecule has 0 aliphatic carbocycles. The van der Waals surface area contributed by atoms with Crippen molar-refractivity contribution < 1.29 is 19.5 Å². The molecule has 1 aliphatic rings. The maximum absolute atomic E-state index is 12.2. The first kappa shape index (κ1) is 17.1. The maximum atomic E-state index is 12.2. The van der Waals surface area contributed by atoms with Crippen LogP contribution < -0.4 is 10.2 Å². The summed E-state index contributed by atoms with van der Waals surface area (Å²) in [5.74, 6) is -1.51. The molecule has 0 bridgehead atoms. The van der Waals surface area contributed by atoms with E-state index in [2.05, 4.69) is 10.3 Å². The predicted molar refractivity (Wildman–Crippen MR) is 92.4 cm³/mol. The van der Waals surface area contributed by atoms with E-state index in [1.165, 1.54) is 11.3 Å². The summed E-state index contributed by atoms with van der Waals surface area (Å²) in [5, 5.41) is 14.2. The molecule has 1 aromatic heterocycles. The molecule has 2 aromatic rings. The minimum atomic E-state index is -1.12. The fourth-order valence-corrected chi connectivity index (χ4v) is 3.53. The first-order valence-electron chi connectivity index (χ1n) is 7.86. The van der Waals surface area contributed by atoms with Gasteiger partial charge in [-0.1, -0.05) is 30.3 Å². The number of nitrogens with zero attached hydrogens (tertiary/aromatic N) is 2. The number of hydrogen-bond acceptors (Lipinski definition) is 5. The molecule has 0 saturated carbocycles. The minimum absolute atomic E-state index is 0.0326. The Kier molecular flexibility index (Phi) is 5.08. The van der Waals surface area contributed by atoms with Crippen LogP contribution in [0.4, 0.5) is 5.13 Å². The summed E-state index contributed by atoms with van der Waals surface area (Å²) in [6.07, 6.45) is 1.30. The van der Waals surface area contributed by atoms with Crippen LogP contribution in [0, 0.1) is 0 Å². The van der Waals surface area contributed by atoms with Gasteiger partial charge in [-0.05, 0) is 12.0 Å². The first-order valence-corrected chi connectivity index (χ1v) is 8.74. The van der Waals surface area contributed by atoms with E-state index in [1.807, 2.05) is 0 Å². The van der Waals surface area contributed by atoms with Crippen molar-refractivity contribution >= 4 is 34.3 Å². The van der Waals surface area contributed by atoms with Crippen LogP contribution in [0.25, 0.3) is 0 Å². The highest BCUT2D eigenvalue weighted by atomic mass is 32.1. The van der Waals surface area contributed by atoms with E-state index in [9.17, 15) is 19.5 Å². The number of anilines is 1. The molecule has 130 valence electrons. The highest BCUT2D eigenvalue weighted by Crippen LogP contribution is 2.25. The monoisotopic (exact) mass is 359 g/mol. The minimum Gasteiger partial charge on any atom is -0.479 e. The van der Waals surface area contributed by atoms with Gasteiger partial charge in [-0.3, -0.25) is 14.5 Å². The third-order valence-corrected chi connectivity index (χ3v) is 4.78. The number of nitrogens with one attached hydrogen (secondary N) is 1.